The topological polar surface area (TPSA) is 68.3 Å². The summed E-state index contributed by atoms with van der Waals surface area (Å²) in [6, 6.07) is 15.5. The lowest BCUT2D eigenvalue weighted by Crippen LogP contribution is -2.31. The molecule has 3 aromatic heterocycles. The van der Waals surface area contributed by atoms with Crippen LogP contribution in [0.15, 0.2) is 67.1 Å². The minimum absolute atomic E-state index is 0.0210. The molecule has 7 heteroatoms. The van der Waals surface area contributed by atoms with Gasteiger partial charge in [0.05, 0.1) is 23.5 Å². The largest absolute Gasteiger partial charge is 0.328 e. The Kier molecular flexibility index (Phi) is 3.71. The van der Waals surface area contributed by atoms with Crippen LogP contribution in [-0.2, 0) is 0 Å². The van der Waals surface area contributed by atoms with Gasteiger partial charge in [0.1, 0.15) is 0 Å². The van der Waals surface area contributed by atoms with Crippen LogP contribution in [0.25, 0.3) is 11.3 Å². The molecular formula is C20H18N6O. The summed E-state index contributed by atoms with van der Waals surface area (Å²) in [7, 11) is 0. The van der Waals surface area contributed by atoms with Gasteiger partial charge in [-0.05, 0) is 37.1 Å². The molecule has 0 unspecified atom stereocenters. The lowest BCUT2D eigenvalue weighted by atomic mass is 10.2. The van der Waals surface area contributed by atoms with Crippen LogP contribution in [0.1, 0.15) is 35.1 Å². The molecule has 0 N–H and O–H groups in total. The average molecular weight is 358 g/mol. The smallest absolute Gasteiger partial charge is 0.257 e. The molecule has 5 rings (SSSR count). The standard InChI is InChI=1S/C20H18N6O/c27-20(15-13-21-26(14-15)16-7-2-1-3-8-16)24-12-6-9-17(24)19-23-22-18-10-4-5-11-25(18)19/h1-5,7-8,10-11,13-14,17H,6,9,12H2/t17-/m1/s1. The Balaban J connectivity index is 1.45. The van der Waals surface area contributed by atoms with Gasteiger partial charge in [-0.1, -0.05) is 24.3 Å². The Hall–Kier alpha value is -3.48. The van der Waals surface area contributed by atoms with E-state index in [1.807, 2.05) is 64.0 Å². The molecule has 0 spiro atoms. The Morgan fingerprint density at radius 3 is 2.78 bits per heavy atom. The zero-order valence-corrected chi connectivity index (χ0v) is 14.6. The van der Waals surface area contributed by atoms with Crippen molar-refractivity contribution in [1.29, 1.82) is 0 Å². The third kappa shape index (κ3) is 2.68. The highest BCUT2D eigenvalue weighted by molar-refractivity contribution is 5.94. The van der Waals surface area contributed by atoms with Crippen molar-refractivity contribution in [3.8, 4) is 5.69 Å². The number of para-hydroxylation sites is 1. The van der Waals surface area contributed by atoms with E-state index in [-0.39, 0.29) is 11.9 Å². The van der Waals surface area contributed by atoms with E-state index in [4.69, 9.17) is 0 Å². The Morgan fingerprint density at radius 2 is 1.89 bits per heavy atom. The SMILES string of the molecule is O=C(c1cnn(-c2ccccc2)c1)N1CCC[C@@H]1c1nnc2ccccn12. The van der Waals surface area contributed by atoms with Crippen molar-refractivity contribution in [3.63, 3.8) is 0 Å². The fraction of sp³-hybridized carbons (Fsp3) is 0.200. The van der Waals surface area contributed by atoms with Crippen molar-refractivity contribution in [2.75, 3.05) is 6.54 Å². The lowest BCUT2D eigenvalue weighted by molar-refractivity contribution is 0.0729. The Bertz CT molecular complexity index is 1100. The van der Waals surface area contributed by atoms with Gasteiger partial charge in [-0.25, -0.2) is 4.68 Å². The molecule has 0 radical (unpaired) electrons. The van der Waals surface area contributed by atoms with Crippen LogP contribution >= 0.6 is 0 Å². The minimum Gasteiger partial charge on any atom is -0.328 e. The molecule has 4 heterocycles. The van der Waals surface area contributed by atoms with E-state index in [2.05, 4.69) is 15.3 Å². The number of nitrogens with zero attached hydrogens (tertiary/aromatic N) is 6. The maximum atomic E-state index is 13.1. The van der Waals surface area contributed by atoms with E-state index in [0.29, 0.717) is 12.1 Å². The van der Waals surface area contributed by atoms with E-state index < -0.39 is 0 Å². The maximum Gasteiger partial charge on any atom is 0.257 e. The molecule has 1 atom stereocenters. The number of hydrogen-bond donors (Lipinski definition) is 0. The van der Waals surface area contributed by atoms with Crippen LogP contribution in [0.3, 0.4) is 0 Å². The fourth-order valence-electron chi connectivity index (χ4n) is 3.69. The van der Waals surface area contributed by atoms with Gasteiger partial charge < -0.3 is 4.90 Å². The van der Waals surface area contributed by atoms with Gasteiger partial charge in [0, 0.05) is 18.9 Å². The molecule has 1 aliphatic heterocycles. The number of carbonyl (C=O) groups is 1. The molecule has 0 aliphatic carbocycles. The summed E-state index contributed by atoms with van der Waals surface area (Å²) in [5.74, 6) is 0.791. The van der Waals surface area contributed by atoms with E-state index in [9.17, 15) is 4.79 Å². The second-order valence-corrected chi connectivity index (χ2v) is 6.65. The first-order chi connectivity index (χ1) is 13.3. The number of rotatable bonds is 3. The predicted molar refractivity (Wildman–Crippen MR) is 99.6 cm³/mol. The minimum atomic E-state index is -0.0741. The molecule has 1 aromatic carbocycles. The first-order valence-electron chi connectivity index (χ1n) is 9.02. The second kappa shape index (κ2) is 6.35. The lowest BCUT2D eigenvalue weighted by Gasteiger charge is -2.22. The van der Waals surface area contributed by atoms with E-state index >= 15 is 0 Å². The fourth-order valence-corrected chi connectivity index (χ4v) is 3.69. The zero-order chi connectivity index (χ0) is 18.2. The van der Waals surface area contributed by atoms with Crippen LogP contribution in [0.4, 0.5) is 0 Å². The number of pyridine rings is 1. The number of carbonyl (C=O) groups excluding carboxylic acids is 1. The van der Waals surface area contributed by atoms with Gasteiger partial charge in [0.25, 0.3) is 5.91 Å². The van der Waals surface area contributed by atoms with Crippen LogP contribution < -0.4 is 0 Å². The summed E-state index contributed by atoms with van der Waals surface area (Å²) >= 11 is 0. The highest BCUT2D eigenvalue weighted by atomic mass is 16.2. The molecule has 134 valence electrons. The molecule has 1 fully saturated rings. The van der Waals surface area contributed by atoms with Gasteiger partial charge in [-0.2, -0.15) is 5.10 Å². The number of likely N-dealkylation sites (tertiary alicyclic amines) is 1. The summed E-state index contributed by atoms with van der Waals surface area (Å²) in [5, 5.41) is 12.9. The number of fused-ring (bicyclic) bond motifs is 1. The number of amides is 1. The summed E-state index contributed by atoms with van der Waals surface area (Å²) in [6.45, 7) is 0.710. The maximum absolute atomic E-state index is 13.1. The molecule has 1 saturated heterocycles. The second-order valence-electron chi connectivity index (χ2n) is 6.65. The van der Waals surface area contributed by atoms with Crippen LogP contribution in [-0.4, -0.2) is 41.7 Å². The average Bonchev–Trinajstić information content (AvgIpc) is 3.46. The summed E-state index contributed by atoms with van der Waals surface area (Å²) in [5.41, 5.74) is 2.31. The van der Waals surface area contributed by atoms with Crippen LogP contribution in [0.5, 0.6) is 0 Å². The first kappa shape index (κ1) is 15.7. The summed E-state index contributed by atoms with van der Waals surface area (Å²) in [4.78, 5) is 15.0. The van der Waals surface area contributed by atoms with Crippen molar-refractivity contribution in [3.05, 3.63) is 78.5 Å². The highest BCUT2D eigenvalue weighted by Crippen LogP contribution is 2.32. The predicted octanol–water partition coefficient (Wildman–Crippen LogP) is 2.89. The van der Waals surface area contributed by atoms with Gasteiger partial charge >= 0.3 is 0 Å². The molecular weight excluding hydrogens is 340 g/mol. The molecule has 27 heavy (non-hydrogen) atoms. The number of aromatic nitrogens is 5. The Morgan fingerprint density at radius 1 is 1.04 bits per heavy atom. The zero-order valence-electron chi connectivity index (χ0n) is 14.6. The van der Waals surface area contributed by atoms with E-state index in [1.165, 1.54) is 0 Å². The quantitative estimate of drug-likeness (QED) is 0.565. The van der Waals surface area contributed by atoms with Gasteiger partial charge in [-0.3, -0.25) is 9.20 Å². The molecule has 0 bridgehead atoms. The highest BCUT2D eigenvalue weighted by Gasteiger charge is 2.34. The Labute approximate surface area is 155 Å². The molecule has 1 aliphatic rings. The first-order valence-corrected chi connectivity index (χ1v) is 9.02. The monoisotopic (exact) mass is 358 g/mol. The number of hydrogen-bond acceptors (Lipinski definition) is 4. The van der Waals surface area contributed by atoms with E-state index in [0.717, 1.165) is 30.0 Å². The van der Waals surface area contributed by atoms with Crippen LogP contribution in [0, 0.1) is 0 Å². The van der Waals surface area contributed by atoms with Gasteiger partial charge in [0.2, 0.25) is 0 Å². The third-order valence-corrected chi connectivity index (χ3v) is 5.00. The van der Waals surface area contributed by atoms with Crippen molar-refractivity contribution in [1.82, 2.24) is 29.3 Å². The normalized spacial score (nSPS) is 16.9. The summed E-state index contributed by atoms with van der Waals surface area (Å²) < 4.78 is 3.69. The number of benzene rings is 1. The van der Waals surface area contributed by atoms with E-state index in [1.54, 1.807) is 17.1 Å². The van der Waals surface area contributed by atoms with Gasteiger partial charge in [-0.15, -0.1) is 10.2 Å². The van der Waals surface area contributed by atoms with Crippen molar-refractivity contribution in [2.24, 2.45) is 0 Å². The van der Waals surface area contributed by atoms with Crippen LogP contribution in [0.2, 0.25) is 0 Å². The molecule has 4 aromatic rings. The third-order valence-electron chi connectivity index (χ3n) is 5.00. The summed E-state index contributed by atoms with van der Waals surface area (Å²) in [6.07, 6.45) is 7.19. The van der Waals surface area contributed by atoms with Crippen molar-refractivity contribution >= 4 is 11.6 Å². The molecule has 1 amide bonds. The van der Waals surface area contributed by atoms with Crippen molar-refractivity contribution < 1.29 is 4.79 Å². The van der Waals surface area contributed by atoms with Gasteiger partial charge in [0.15, 0.2) is 11.5 Å². The molecule has 0 saturated carbocycles. The van der Waals surface area contributed by atoms with Crippen molar-refractivity contribution in [2.45, 2.75) is 18.9 Å². The molecule has 7 nitrogen and oxygen atoms in total.